The largest absolute Gasteiger partial charge is 0.397 e. The van der Waals surface area contributed by atoms with Crippen LogP contribution in [-0.4, -0.2) is 32.2 Å². The Hall–Kier alpha value is -1.75. The van der Waals surface area contributed by atoms with Gasteiger partial charge in [-0.1, -0.05) is 0 Å². The number of carbonyl (C=O) groups is 1. The summed E-state index contributed by atoms with van der Waals surface area (Å²) in [6, 6.07) is 5.56. The number of ether oxygens (including phenoxy) is 1. The van der Waals surface area contributed by atoms with Crippen molar-refractivity contribution in [2.45, 2.75) is 26.3 Å². The molecule has 0 saturated heterocycles. The summed E-state index contributed by atoms with van der Waals surface area (Å²) in [6.07, 6.45) is 0.897. The van der Waals surface area contributed by atoms with E-state index < -0.39 is 0 Å². The lowest BCUT2D eigenvalue weighted by molar-refractivity contribution is 0.0956. The lowest BCUT2D eigenvalue weighted by Gasteiger charge is -2.17. The Bertz CT molecular complexity index is 421. The zero-order valence-electron chi connectivity index (χ0n) is 11.8. The Morgan fingerprint density at radius 1 is 1.47 bits per heavy atom. The van der Waals surface area contributed by atoms with Gasteiger partial charge in [-0.05, 0) is 38.5 Å². The van der Waals surface area contributed by atoms with Crippen LogP contribution in [0.3, 0.4) is 0 Å². The first-order valence-electron chi connectivity index (χ1n) is 6.51. The lowest BCUT2D eigenvalue weighted by atomic mass is 10.1. The van der Waals surface area contributed by atoms with E-state index in [9.17, 15) is 4.79 Å². The topological polar surface area (TPSA) is 76.4 Å². The van der Waals surface area contributed by atoms with Crippen LogP contribution in [0, 0.1) is 0 Å². The zero-order valence-corrected chi connectivity index (χ0v) is 11.8. The number of anilines is 2. The predicted molar refractivity (Wildman–Crippen MR) is 78.4 cm³/mol. The second-order valence-electron chi connectivity index (χ2n) is 4.49. The van der Waals surface area contributed by atoms with Gasteiger partial charge < -0.3 is 21.1 Å². The van der Waals surface area contributed by atoms with Gasteiger partial charge in [-0.15, -0.1) is 0 Å². The molecule has 0 fully saturated rings. The minimum absolute atomic E-state index is 0.104. The predicted octanol–water partition coefficient (Wildman–Crippen LogP) is 1.86. The zero-order chi connectivity index (χ0) is 14.3. The Labute approximate surface area is 114 Å². The molecular formula is C14H23N3O2. The van der Waals surface area contributed by atoms with Gasteiger partial charge in [0.25, 0.3) is 5.91 Å². The Balaban J connectivity index is 2.69. The fourth-order valence-corrected chi connectivity index (χ4v) is 1.73. The molecule has 0 bridgehead atoms. The number of hydrogen-bond acceptors (Lipinski definition) is 4. The van der Waals surface area contributed by atoms with E-state index in [-0.39, 0.29) is 11.9 Å². The first kappa shape index (κ1) is 15.3. The van der Waals surface area contributed by atoms with Crippen molar-refractivity contribution in [1.29, 1.82) is 0 Å². The van der Waals surface area contributed by atoms with Crippen molar-refractivity contribution in [3.8, 4) is 0 Å². The van der Waals surface area contributed by atoms with E-state index in [4.69, 9.17) is 10.5 Å². The van der Waals surface area contributed by atoms with Gasteiger partial charge in [-0.25, -0.2) is 0 Å². The van der Waals surface area contributed by atoms with Gasteiger partial charge >= 0.3 is 0 Å². The van der Waals surface area contributed by atoms with Crippen molar-refractivity contribution >= 4 is 17.3 Å². The van der Waals surface area contributed by atoms with Crippen molar-refractivity contribution in [2.24, 2.45) is 0 Å². The van der Waals surface area contributed by atoms with E-state index in [1.54, 1.807) is 19.2 Å². The monoisotopic (exact) mass is 265 g/mol. The van der Waals surface area contributed by atoms with Crippen LogP contribution in [-0.2, 0) is 4.74 Å². The second kappa shape index (κ2) is 7.63. The molecule has 0 aliphatic carbocycles. The van der Waals surface area contributed by atoms with Crippen molar-refractivity contribution < 1.29 is 9.53 Å². The summed E-state index contributed by atoms with van der Waals surface area (Å²) in [5, 5.41) is 6.05. The van der Waals surface area contributed by atoms with E-state index in [0.29, 0.717) is 24.4 Å². The molecule has 0 spiro atoms. The standard InChI is InChI=1S/C14H23N3O2/c1-4-16-14(18)11-5-6-13(12(15)9-11)17-10(2)7-8-19-3/h5-6,9-10,17H,4,7-8,15H2,1-3H3,(H,16,18). The van der Waals surface area contributed by atoms with Crippen LogP contribution < -0.4 is 16.4 Å². The molecule has 0 saturated carbocycles. The fraction of sp³-hybridized carbons (Fsp3) is 0.500. The molecule has 0 aliphatic heterocycles. The summed E-state index contributed by atoms with van der Waals surface area (Å²) < 4.78 is 5.03. The molecule has 19 heavy (non-hydrogen) atoms. The molecule has 4 N–H and O–H groups in total. The third kappa shape index (κ3) is 4.79. The van der Waals surface area contributed by atoms with E-state index >= 15 is 0 Å². The van der Waals surface area contributed by atoms with E-state index in [1.807, 2.05) is 13.0 Å². The minimum atomic E-state index is -0.104. The molecule has 5 nitrogen and oxygen atoms in total. The third-order valence-corrected chi connectivity index (χ3v) is 2.81. The van der Waals surface area contributed by atoms with Crippen LogP contribution in [0.5, 0.6) is 0 Å². The maximum Gasteiger partial charge on any atom is 0.251 e. The van der Waals surface area contributed by atoms with E-state index in [1.165, 1.54) is 0 Å². The number of nitrogens with two attached hydrogens (primary N) is 1. The SMILES string of the molecule is CCNC(=O)c1ccc(NC(C)CCOC)c(N)c1. The summed E-state index contributed by atoms with van der Waals surface area (Å²) in [5.41, 5.74) is 7.96. The average Bonchev–Trinajstić information content (AvgIpc) is 2.39. The third-order valence-electron chi connectivity index (χ3n) is 2.81. The molecule has 1 atom stereocenters. The molecule has 1 amide bonds. The fourth-order valence-electron chi connectivity index (χ4n) is 1.73. The van der Waals surface area contributed by atoms with Gasteiger partial charge in [0.15, 0.2) is 0 Å². The second-order valence-corrected chi connectivity index (χ2v) is 4.49. The molecular weight excluding hydrogens is 242 g/mol. The number of methoxy groups -OCH3 is 1. The lowest BCUT2D eigenvalue weighted by Crippen LogP contribution is -2.23. The van der Waals surface area contributed by atoms with Crippen LogP contribution in [0.1, 0.15) is 30.6 Å². The summed E-state index contributed by atoms with van der Waals surface area (Å²) >= 11 is 0. The van der Waals surface area contributed by atoms with Crippen molar-refractivity contribution in [3.05, 3.63) is 23.8 Å². The molecule has 0 radical (unpaired) electrons. The summed E-state index contributed by atoms with van der Waals surface area (Å²) in [5.74, 6) is -0.104. The smallest absolute Gasteiger partial charge is 0.251 e. The maximum atomic E-state index is 11.7. The highest BCUT2D eigenvalue weighted by Crippen LogP contribution is 2.21. The number of benzene rings is 1. The minimum Gasteiger partial charge on any atom is -0.397 e. The average molecular weight is 265 g/mol. The van der Waals surface area contributed by atoms with E-state index in [0.717, 1.165) is 12.1 Å². The van der Waals surface area contributed by atoms with Gasteiger partial charge in [0, 0.05) is 31.9 Å². The van der Waals surface area contributed by atoms with E-state index in [2.05, 4.69) is 17.6 Å². The number of rotatable bonds is 7. The molecule has 5 heteroatoms. The summed E-state index contributed by atoms with van der Waals surface area (Å²) in [7, 11) is 1.68. The molecule has 1 aromatic rings. The Morgan fingerprint density at radius 2 is 2.21 bits per heavy atom. The highest BCUT2D eigenvalue weighted by atomic mass is 16.5. The highest BCUT2D eigenvalue weighted by Gasteiger charge is 2.09. The van der Waals surface area contributed by atoms with Gasteiger partial charge in [-0.2, -0.15) is 0 Å². The molecule has 0 heterocycles. The summed E-state index contributed by atoms with van der Waals surface area (Å²) in [6.45, 7) is 5.25. The van der Waals surface area contributed by atoms with Gasteiger partial charge in [0.2, 0.25) is 0 Å². The molecule has 1 aromatic carbocycles. The van der Waals surface area contributed by atoms with Crippen LogP contribution in [0.4, 0.5) is 11.4 Å². The van der Waals surface area contributed by atoms with Crippen LogP contribution in [0.15, 0.2) is 18.2 Å². The number of amides is 1. The van der Waals surface area contributed by atoms with Gasteiger partial charge in [-0.3, -0.25) is 4.79 Å². The number of carbonyl (C=O) groups excluding carboxylic acids is 1. The Kier molecular flexibility index (Phi) is 6.15. The van der Waals surface area contributed by atoms with Crippen molar-refractivity contribution in [2.75, 3.05) is 31.3 Å². The molecule has 0 aliphatic rings. The van der Waals surface area contributed by atoms with Crippen LogP contribution in [0.25, 0.3) is 0 Å². The normalized spacial score (nSPS) is 11.9. The molecule has 106 valence electrons. The molecule has 0 aromatic heterocycles. The van der Waals surface area contributed by atoms with Gasteiger partial charge in [0.1, 0.15) is 0 Å². The maximum absolute atomic E-state index is 11.7. The first-order chi connectivity index (χ1) is 9.08. The Morgan fingerprint density at radius 3 is 2.79 bits per heavy atom. The van der Waals surface area contributed by atoms with Crippen molar-refractivity contribution in [3.63, 3.8) is 0 Å². The van der Waals surface area contributed by atoms with Crippen LogP contribution in [0.2, 0.25) is 0 Å². The first-order valence-corrected chi connectivity index (χ1v) is 6.51. The number of nitrogens with one attached hydrogen (secondary N) is 2. The molecule has 1 unspecified atom stereocenters. The number of hydrogen-bond donors (Lipinski definition) is 3. The summed E-state index contributed by atoms with van der Waals surface area (Å²) in [4.78, 5) is 11.7. The number of nitrogen functional groups attached to an aromatic ring is 1. The quantitative estimate of drug-likeness (QED) is 0.658. The molecule has 1 rings (SSSR count). The highest BCUT2D eigenvalue weighted by molar-refractivity contribution is 5.96. The van der Waals surface area contributed by atoms with Gasteiger partial charge in [0.05, 0.1) is 11.4 Å². The van der Waals surface area contributed by atoms with Crippen molar-refractivity contribution in [1.82, 2.24) is 5.32 Å². The van der Waals surface area contributed by atoms with Crippen LogP contribution >= 0.6 is 0 Å².